The molecule has 6 aromatic carbocycles. The van der Waals surface area contributed by atoms with Gasteiger partial charge in [0.25, 0.3) is 0 Å². The minimum absolute atomic E-state index is 0. The molecule has 0 radical (unpaired) electrons. The summed E-state index contributed by atoms with van der Waals surface area (Å²) in [4.78, 5) is 0. The maximum atomic E-state index is 2.73. The van der Waals surface area contributed by atoms with Gasteiger partial charge in [-0.2, -0.15) is 0 Å². The van der Waals surface area contributed by atoms with Crippen molar-refractivity contribution in [3.05, 3.63) is 199 Å². The second-order valence-electron chi connectivity index (χ2n) is 21.1. The summed E-state index contributed by atoms with van der Waals surface area (Å²) in [7, 11) is 0. The number of halogens is 2. The van der Waals surface area contributed by atoms with Crippen LogP contribution in [0.3, 0.4) is 0 Å². The van der Waals surface area contributed by atoms with Crippen molar-refractivity contribution in [2.24, 2.45) is 11.8 Å². The van der Waals surface area contributed by atoms with Crippen LogP contribution in [0.2, 0.25) is 0 Å². The SMILES string of the molecule is CC(C)Cc1ccccc1-c1cc2c(cc1C(C)(C)C)-c1cc(C(C)(C)C)c(-c3ccccc3CC(C)C)cc1[CH]2[Zr+2]([C]1=CC=CC1)=[C](Cc1ccccc1)Cc1ccccc1.[Cl-].[Cl-]. The summed E-state index contributed by atoms with van der Waals surface area (Å²) in [6.45, 7) is 24.0. The topological polar surface area (TPSA) is 0 Å². The Bertz CT molecular complexity index is 2500. The predicted molar refractivity (Wildman–Crippen MR) is 266 cm³/mol. The molecule has 2 aliphatic carbocycles. The van der Waals surface area contributed by atoms with E-state index in [-0.39, 0.29) is 35.6 Å². The van der Waals surface area contributed by atoms with Gasteiger partial charge >= 0.3 is 385 Å². The number of allylic oxidation sites excluding steroid dienone is 4. The molecule has 6 aromatic rings. The molecule has 0 nitrogen and oxygen atoms in total. The summed E-state index contributed by atoms with van der Waals surface area (Å²) in [6, 6.07) is 52.2. The van der Waals surface area contributed by atoms with E-state index >= 15 is 0 Å². The van der Waals surface area contributed by atoms with Crippen molar-refractivity contribution in [3.8, 4) is 33.4 Å². The third-order valence-corrected chi connectivity index (χ3v) is 21.4. The fourth-order valence-electron chi connectivity index (χ4n) is 10.3. The Hall–Kier alpha value is -3.87. The molecule has 8 rings (SSSR count). The van der Waals surface area contributed by atoms with Gasteiger partial charge < -0.3 is 24.8 Å². The van der Waals surface area contributed by atoms with E-state index in [0.717, 1.165) is 32.1 Å². The van der Waals surface area contributed by atoms with Crippen LogP contribution in [0.15, 0.2) is 155 Å². The van der Waals surface area contributed by atoms with Gasteiger partial charge in [0.2, 0.25) is 0 Å². The number of hydrogen-bond donors (Lipinski definition) is 0. The third kappa shape index (κ3) is 10.7. The molecular weight excluding hydrogens is 895 g/mol. The number of fused-ring (bicyclic) bond motifs is 3. The van der Waals surface area contributed by atoms with Crippen molar-refractivity contribution < 1.29 is 46.1 Å². The summed E-state index contributed by atoms with van der Waals surface area (Å²) < 4.78 is 3.85. The van der Waals surface area contributed by atoms with Crippen molar-refractivity contribution in [1.82, 2.24) is 0 Å². The number of benzene rings is 6. The monoisotopic (exact) mass is 960 g/mol. The van der Waals surface area contributed by atoms with Crippen LogP contribution in [0.25, 0.3) is 33.4 Å². The van der Waals surface area contributed by atoms with Crippen LogP contribution < -0.4 is 24.8 Å². The van der Waals surface area contributed by atoms with E-state index in [9.17, 15) is 0 Å². The van der Waals surface area contributed by atoms with Crippen LogP contribution >= 0.6 is 0 Å². The number of rotatable bonds is 12. The van der Waals surface area contributed by atoms with E-state index in [1.807, 2.05) is 0 Å². The van der Waals surface area contributed by atoms with Crippen molar-refractivity contribution in [3.63, 3.8) is 0 Å². The van der Waals surface area contributed by atoms with Gasteiger partial charge in [-0.3, -0.25) is 0 Å². The van der Waals surface area contributed by atoms with Crippen LogP contribution in [0.1, 0.15) is 124 Å². The Balaban J connectivity index is 0.00000340. The van der Waals surface area contributed by atoms with E-state index in [1.165, 1.54) is 66.8 Å². The van der Waals surface area contributed by atoms with Gasteiger partial charge in [-0.25, -0.2) is 0 Å². The van der Waals surface area contributed by atoms with E-state index in [1.54, 1.807) is 17.6 Å². The average Bonchev–Trinajstić information content (AvgIpc) is 3.87. The van der Waals surface area contributed by atoms with Gasteiger partial charge in [0.1, 0.15) is 0 Å². The van der Waals surface area contributed by atoms with Crippen LogP contribution in [0.4, 0.5) is 0 Å². The minimum atomic E-state index is -2.87. The Morgan fingerprint density at radius 1 is 0.516 bits per heavy atom. The molecule has 3 heteroatoms. The van der Waals surface area contributed by atoms with Crippen LogP contribution in [-0.2, 0) is 57.8 Å². The van der Waals surface area contributed by atoms with Crippen LogP contribution in [0, 0.1) is 11.8 Å². The molecule has 0 spiro atoms. The Kier molecular flexibility index (Phi) is 16.1. The second kappa shape index (κ2) is 20.8. The van der Waals surface area contributed by atoms with Crippen molar-refractivity contribution in [1.29, 1.82) is 0 Å². The minimum Gasteiger partial charge on any atom is -1.00 e. The first-order chi connectivity index (χ1) is 29.7. The first-order valence-electron chi connectivity index (χ1n) is 23.4. The maximum absolute atomic E-state index is 2.87. The van der Waals surface area contributed by atoms with Gasteiger partial charge in [0.05, 0.1) is 0 Å². The first-order valence-corrected chi connectivity index (χ1v) is 27.2. The van der Waals surface area contributed by atoms with Crippen LogP contribution in [-0.4, -0.2) is 3.21 Å². The molecule has 2 aliphatic rings. The third-order valence-electron chi connectivity index (χ3n) is 13.1. The van der Waals surface area contributed by atoms with E-state index < -0.39 is 21.3 Å². The molecule has 0 fully saturated rings. The van der Waals surface area contributed by atoms with Gasteiger partial charge in [-0.15, -0.1) is 0 Å². The maximum Gasteiger partial charge on any atom is -1.00 e. The summed E-state index contributed by atoms with van der Waals surface area (Å²) in [5.41, 5.74) is 20.3. The smallest absolute Gasteiger partial charge is 1.00 e. The molecule has 0 amide bonds. The fourth-order valence-corrected chi connectivity index (χ4v) is 19.5. The number of hydrogen-bond acceptors (Lipinski definition) is 0. The largest absolute Gasteiger partial charge is 1.00 e. The quantitative estimate of drug-likeness (QED) is 0.115. The molecule has 0 aliphatic heterocycles. The summed E-state index contributed by atoms with van der Waals surface area (Å²) in [5.74, 6) is 1.14. The molecule has 0 bridgehead atoms. The van der Waals surface area contributed by atoms with Crippen molar-refractivity contribution in [2.75, 3.05) is 0 Å². The van der Waals surface area contributed by atoms with Gasteiger partial charge in [0.15, 0.2) is 0 Å². The zero-order valence-corrected chi connectivity index (χ0v) is 43.9. The molecule has 0 saturated carbocycles. The molecule has 330 valence electrons. The molecule has 0 aromatic heterocycles. The van der Waals surface area contributed by atoms with Gasteiger partial charge in [-0.1, -0.05) is 0 Å². The molecule has 0 N–H and O–H groups in total. The fraction of sp³-hybridized carbons (Fsp3) is 0.328. The molecule has 0 saturated heterocycles. The molecular formula is C61H68Cl2Zr. The zero-order chi connectivity index (χ0) is 43.8. The van der Waals surface area contributed by atoms with Gasteiger partial charge in [0, 0.05) is 0 Å². The zero-order valence-electron chi connectivity index (χ0n) is 40.0. The molecule has 0 unspecified atom stereocenters. The molecule has 0 atom stereocenters. The first kappa shape index (κ1) is 49.6. The van der Waals surface area contributed by atoms with Crippen molar-refractivity contribution in [2.45, 2.75) is 116 Å². The predicted octanol–water partition coefficient (Wildman–Crippen LogP) is 10.2. The Morgan fingerprint density at radius 3 is 1.30 bits per heavy atom. The molecule has 0 heterocycles. The standard InChI is InChI=1S/C41H49.C15H14.C5H5.2ClH.Zr/c1-26(2)19-28-15-11-13-17-32(28)36-22-30-21-31-23-37(33-18-14-12-16-29(33)20-27(3)4)39(41(8,9)10)25-35(31)34(30)24-38(36)40(5,6)7;1-3-8-14(9-4-1)12-7-13-15-10-5-2-6-11-15;1-2-4-5-3-1;;;/h11-18,21-27H,19-20H2,1-10H3;1-6,8-11H,12-13H2;1-3H,4H2;2*1H;/q;;;;;+2/p-2. The second-order valence-corrected chi connectivity index (χ2v) is 27.8. The molecule has 64 heavy (non-hydrogen) atoms. The van der Waals surface area contributed by atoms with Crippen molar-refractivity contribution >= 4 is 3.21 Å². The summed E-state index contributed by atoms with van der Waals surface area (Å²) in [6.07, 6.45) is 12.6. The summed E-state index contributed by atoms with van der Waals surface area (Å²) >= 11 is -2.87. The Morgan fingerprint density at radius 2 is 0.922 bits per heavy atom. The van der Waals surface area contributed by atoms with E-state index in [0.29, 0.717) is 15.5 Å². The van der Waals surface area contributed by atoms with Gasteiger partial charge in [-0.05, 0) is 0 Å². The van der Waals surface area contributed by atoms with E-state index in [4.69, 9.17) is 0 Å². The average molecular weight is 963 g/mol. The normalized spacial score (nSPS) is 13.2. The van der Waals surface area contributed by atoms with Crippen LogP contribution in [0.5, 0.6) is 0 Å². The summed E-state index contributed by atoms with van der Waals surface area (Å²) in [5, 5.41) is 0. The van der Waals surface area contributed by atoms with E-state index in [2.05, 4.69) is 221 Å². The Labute approximate surface area is 406 Å².